The Morgan fingerprint density at radius 3 is 2.60 bits per heavy atom. The molecule has 1 atom stereocenters. The van der Waals surface area contributed by atoms with E-state index in [1.54, 1.807) is 0 Å². The second-order valence-corrected chi connectivity index (χ2v) is 3.27. The van der Waals surface area contributed by atoms with E-state index in [0.717, 1.165) is 0 Å². The van der Waals surface area contributed by atoms with Crippen LogP contribution in [0.1, 0.15) is 6.92 Å². The summed E-state index contributed by atoms with van der Waals surface area (Å²) in [6, 6.07) is 0. The minimum atomic E-state index is -1.80. The van der Waals surface area contributed by atoms with Crippen LogP contribution in [0.5, 0.6) is 0 Å². The lowest BCUT2D eigenvalue weighted by Gasteiger charge is -2.18. The molecule has 15 heavy (non-hydrogen) atoms. The molecule has 0 aliphatic carbocycles. The van der Waals surface area contributed by atoms with Crippen molar-refractivity contribution in [3.63, 3.8) is 0 Å². The van der Waals surface area contributed by atoms with E-state index >= 15 is 0 Å². The van der Waals surface area contributed by atoms with E-state index in [9.17, 15) is 14.7 Å². The molecule has 1 amide bonds. The number of aliphatic carboxylic acids is 1. The average molecular weight is 220 g/mol. The lowest BCUT2D eigenvalue weighted by atomic mass is 10.1. The monoisotopic (exact) mass is 220 g/mol. The first kappa shape index (κ1) is 13.8. The van der Waals surface area contributed by atoms with Gasteiger partial charge in [0.05, 0.1) is 6.61 Å². The summed E-state index contributed by atoms with van der Waals surface area (Å²) in [5, 5.41) is 20.5. The summed E-state index contributed by atoms with van der Waals surface area (Å²) in [7, 11) is 0. The quantitative estimate of drug-likeness (QED) is 0.348. The zero-order chi connectivity index (χ0) is 11.9. The van der Waals surface area contributed by atoms with Crippen LogP contribution >= 0.6 is 0 Å². The van der Waals surface area contributed by atoms with Gasteiger partial charge in [0.15, 0.2) is 5.60 Å². The van der Waals surface area contributed by atoms with Crippen LogP contribution in [0.3, 0.4) is 0 Å². The summed E-state index contributed by atoms with van der Waals surface area (Å²) in [6.07, 6.45) is 0. The summed E-state index contributed by atoms with van der Waals surface area (Å²) in [4.78, 5) is 20.7. The number of carbonyl (C=O) groups is 2. The fourth-order valence-electron chi connectivity index (χ4n) is 0.725. The molecular weight excluding hydrogens is 204 g/mol. The Labute approximate surface area is 87.2 Å². The van der Waals surface area contributed by atoms with Crippen LogP contribution < -0.4 is 11.1 Å². The highest BCUT2D eigenvalue weighted by Gasteiger charge is 2.28. The van der Waals surface area contributed by atoms with Crippen LogP contribution in [-0.4, -0.2) is 54.0 Å². The third kappa shape index (κ3) is 6.83. The van der Waals surface area contributed by atoms with Gasteiger partial charge in [0.2, 0.25) is 5.91 Å². The summed E-state index contributed by atoms with van der Waals surface area (Å²) in [6.45, 7) is 1.47. The molecule has 0 fully saturated rings. The fraction of sp³-hybridized carbons (Fsp3) is 0.750. The number of ether oxygens (including phenoxy) is 1. The van der Waals surface area contributed by atoms with Crippen molar-refractivity contribution in [2.75, 3.05) is 26.3 Å². The molecule has 7 heteroatoms. The first-order valence-electron chi connectivity index (χ1n) is 4.39. The van der Waals surface area contributed by atoms with E-state index in [0.29, 0.717) is 6.54 Å². The fourth-order valence-corrected chi connectivity index (χ4v) is 0.725. The molecule has 0 aromatic rings. The summed E-state index contributed by atoms with van der Waals surface area (Å²) >= 11 is 0. The lowest BCUT2D eigenvalue weighted by Crippen LogP contribution is -2.45. The summed E-state index contributed by atoms with van der Waals surface area (Å²) < 4.78 is 4.80. The first-order chi connectivity index (χ1) is 6.86. The Bertz CT molecular complexity index is 229. The highest BCUT2D eigenvalue weighted by Crippen LogP contribution is 1.99. The van der Waals surface area contributed by atoms with Gasteiger partial charge < -0.3 is 26.0 Å². The minimum absolute atomic E-state index is 0.0950. The van der Waals surface area contributed by atoms with Crippen LogP contribution in [0.4, 0.5) is 0 Å². The molecule has 0 spiro atoms. The number of aliphatic hydroxyl groups is 1. The third-order valence-corrected chi connectivity index (χ3v) is 1.60. The van der Waals surface area contributed by atoms with Crippen LogP contribution in [0.2, 0.25) is 0 Å². The molecule has 0 saturated carbocycles. The Morgan fingerprint density at radius 1 is 1.53 bits per heavy atom. The predicted octanol–water partition coefficient (Wildman–Crippen LogP) is -2.09. The number of amides is 1. The second kappa shape index (κ2) is 6.33. The van der Waals surface area contributed by atoms with Crippen molar-refractivity contribution in [3.8, 4) is 0 Å². The van der Waals surface area contributed by atoms with E-state index < -0.39 is 17.5 Å². The maximum absolute atomic E-state index is 10.4. The van der Waals surface area contributed by atoms with Gasteiger partial charge in [-0.15, -0.1) is 0 Å². The van der Waals surface area contributed by atoms with Crippen LogP contribution in [0.25, 0.3) is 0 Å². The number of carboxylic acids is 1. The van der Waals surface area contributed by atoms with E-state index in [2.05, 4.69) is 5.32 Å². The number of carboxylic acid groups (broad SMARTS) is 1. The van der Waals surface area contributed by atoms with E-state index in [4.69, 9.17) is 15.6 Å². The van der Waals surface area contributed by atoms with Crippen molar-refractivity contribution in [2.45, 2.75) is 12.5 Å². The molecule has 0 rings (SSSR count). The van der Waals surface area contributed by atoms with Crippen molar-refractivity contribution in [1.29, 1.82) is 0 Å². The first-order valence-corrected chi connectivity index (χ1v) is 4.39. The highest BCUT2D eigenvalue weighted by atomic mass is 16.5. The maximum atomic E-state index is 10.4. The van der Waals surface area contributed by atoms with Gasteiger partial charge in [-0.05, 0) is 6.92 Å². The molecule has 0 heterocycles. The average Bonchev–Trinajstić information content (AvgIpc) is 2.10. The molecule has 0 saturated heterocycles. The number of hydrogen-bond acceptors (Lipinski definition) is 5. The van der Waals surface area contributed by atoms with Gasteiger partial charge in [-0.1, -0.05) is 0 Å². The zero-order valence-corrected chi connectivity index (χ0v) is 8.52. The molecule has 0 aromatic heterocycles. The Hall–Kier alpha value is -1.18. The number of rotatable bonds is 8. The molecule has 0 aliphatic heterocycles. The third-order valence-electron chi connectivity index (χ3n) is 1.60. The van der Waals surface area contributed by atoms with Crippen molar-refractivity contribution >= 4 is 11.9 Å². The lowest BCUT2D eigenvalue weighted by molar-refractivity contribution is -0.156. The predicted molar refractivity (Wildman–Crippen MR) is 51.1 cm³/mol. The molecule has 0 aliphatic rings. The standard InChI is InChI=1S/C8H16N2O5/c1-8(14,7(12)13)5-10-2-3-15-4-6(9)11/h10,14H,2-5H2,1H3,(H2,9,11)(H,12,13). The second-order valence-electron chi connectivity index (χ2n) is 3.27. The number of nitrogens with two attached hydrogens (primary N) is 1. The van der Waals surface area contributed by atoms with Gasteiger partial charge in [-0.2, -0.15) is 0 Å². The van der Waals surface area contributed by atoms with Gasteiger partial charge in [-0.25, -0.2) is 4.79 Å². The smallest absolute Gasteiger partial charge is 0.336 e. The van der Waals surface area contributed by atoms with Crippen molar-refractivity contribution in [1.82, 2.24) is 5.32 Å². The van der Waals surface area contributed by atoms with Crippen molar-refractivity contribution < 1.29 is 24.5 Å². The molecule has 0 bridgehead atoms. The normalized spacial score (nSPS) is 14.5. The molecular formula is C8H16N2O5. The maximum Gasteiger partial charge on any atom is 0.336 e. The topological polar surface area (TPSA) is 122 Å². The van der Waals surface area contributed by atoms with Gasteiger partial charge in [0, 0.05) is 13.1 Å². The molecule has 1 unspecified atom stereocenters. The van der Waals surface area contributed by atoms with E-state index in [1.807, 2.05) is 0 Å². The van der Waals surface area contributed by atoms with Crippen LogP contribution in [-0.2, 0) is 14.3 Å². The summed E-state index contributed by atoms with van der Waals surface area (Å²) in [5.74, 6) is -1.86. The van der Waals surface area contributed by atoms with E-state index in [1.165, 1.54) is 6.92 Å². The molecule has 88 valence electrons. The van der Waals surface area contributed by atoms with Crippen LogP contribution in [0.15, 0.2) is 0 Å². The van der Waals surface area contributed by atoms with E-state index in [-0.39, 0.29) is 19.8 Å². The van der Waals surface area contributed by atoms with Crippen molar-refractivity contribution in [3.05, 3.63) is 0 Å². The van der Waals surface area contributed by atoms with Gasteiger partial charge in [0.1, 0.15) is 6.61 Å². The van der Waals surface area contributed by atoms with Gasteiger partial charge in [0.25, 0.3) is 0 Å². The van der Waals surface area contributed by atoms with Gasteiger partial charge in [-0.3, -0.25) is 4.79 Å². The van der Waals surface area contributed by atoms with Crippen molar-refractivity contribution in [2.24, 2.45) is 5.73 Å². The number of carbonyl (C=O) groups excluding carboxylic acids is 1. The number of primary amides is 1. The molecule has 5 N–H and O–H groups in total. The number of nitrogens with one attached hydrogen (secondary N) is 1. The Kier molecular flexibility index (Phi) is 5.83. The van der Waals surface area contributed by atoms with Crippen LogP contribution in [0, 0.1) is 0 Å². The summed E-state index contributed by atoms with van der Waals surface area (Å²) in [5.41, 5.74) is 3.01. The molecule has 0 radical (unpaired) electrons. The SMILES string of the molecule is CC(O)(CNCCOCC(N)=O)C(=O)O. The largest absolute Gasteiger partial charge is 0.479 e. The highest BCUT2D eigenvalue weighted by molar-refractivity contribution is 5.76. The zero-order valence-electron chi connectivity index (χ0n) is 8.52. The molecule has 7 nitrogen and oxygen atoms in total. The Balaban J connectivity index is 3.46. The minimum Gasteiger partial charge on any atom is -0.479 e. The molecule has 0 aromatic carbocycles. The Morgan fingerprint density at radius 2 is 2.13 bits per heavy atom. The van der Waals surface area contributed by atoms with Gasteiger partial charge >= 0.3 is 5.97 Å². The number of hydrogen-bond donors (Lipinski definition) is 4.